The van der Waals surface area contributed by atoms with Crippen LogP contribution in [-0.4, -0.2) is 12.1 Å². The molecule has 0 aliphatic carbocycles. The molecule has 1 atom stereocenters. The van der Waals surface area contributed by atoms with Crippen LogP contribution in [-0.2, 0) is 11.3 Å². The molecular weight excluding hydrogens is 262 g/mol. The van der Waals surface area contributed by atoms with Gasteiger partial charge in [-0.05, 0) is 18.4 Å². The van der Waals surface area contributed by atoms with Crippen molar-refractivity contribution < 1.29 is 9.53 Å². The Labute approximate surface area is 129 Å². The van der Waals surface area contributed by atoms with E-state index < -0.39 is 0 Å². The molecule has 0 saturated heterocycles. The smallest absolute Gasteiger partial charge is 0.407 e. The fourth-order valence-corrected chi connectivity index (χ4v) is 2.31. The van der Waals surface area contributed by atoms with Crippen molar-refractivity contribution in [1.29, 1.82) is 0 Å². The van der Waals surface area contributed by atoms with Crippen molar-refractivity contribution in [1.82, 2.24) is 5.32 Å². The molecule has 1 aromatic rings. The maximum absolute atomic E-state index is 11.9. The predicted octanol–water partition coefficient (Wildman–Crippen LogP) is 5.05. The molecule has 1 amide bonds. The lowest BCUT2D eigenvalue weighted by Crippen LogP contribution is -2.35. The number of nitrogens with one attached hydrogen (secondary N) is 1. The van der Waals surface area contributed by atoms with Crippen LogP contribution in [0, 0.1) is 0 Å². The van der Waals surface area contributed by atoms with Gasteiger partial charge in [0.05, 0.1) is 0 Å². The van der Waals surface area contributed by atoms with E-state index >= 15 is 0 Å². The third-order valence-electron chi connectivity index (χ3n) is 3.60. The maximum Gasteiger partial charge on any atom is 0.407 e. The SMILES string of the molecule is CCCCCC(CCCC)NC(=O)OCc1ccccc1. The first-order chi connectivity index (χ1) is 10.3. The van der Waals surface area contributed by atoms with Crippen molar-refractivity contribution in [2.24, 2.45) is 0 Å². The Hall–Kier alpha value is -1.51. The average molecular weight is 291 g/mol. The standard InChI is InChI=1S/C18H29NO2/c1-3-5-8-14-17(13-6-4-2)19-18(20)21-15-16-11-9-7-10-12-16/h7,9-12,17H,3-6,8,13-15H2,1-2H3,(H,19,20). The molecule has 3 nitrogen and oxygen atoms in total. The monoisotopic (exact) mass is 291 g/mol. The fourth-order valence-electron chi connectivity index (χ4n) is 2.31. The van der Waals surface area contributed by atoms with Crippen LogP contribution in [0.5, 0.6) is 0 Å². The van der Waals surface area contributed by atoms with E-state index in [2.05, 4.69) is 19.2 Å². The van der Waals surface area contributed by atoms with E-state index in [4.69, 9.17) is 4.74 Å². The highest BCUT2D eigenvalue weighted by Crippen LogP contribution is 2.10. The van der Waals surface area contributed by atoms with Crippen LogP contribution < -0.4 is 5.32 Å². The molecule has 0 aliphatic heterocycles. The van der Waals surface area contributed by atoms with E-state index in [-0.39, 0.29) is 12.1 Å². The minimum atomic E-state index is -0.295. The lowest BCUT2D eigenvalue weighted by atomic mass is 10.0. The second-order valence-electron chi connectivity index (χ2n) is 5.54. The van der Waals surface area contributed by atoms with E-state index in [1.54, 1.807) is 0 Å². The van der Waals surface area contributed by atoms with Gasteiger partial charge in [0.15, 0.2) is 0 Å². The largest absolute Gasteiger partial charge is 0.445 e. The number of benzene rings is 1. The normalized spacial score (nSPS) is 11.9. The molecule has 0 saturated carbocycles. The molecule has 0 radical (unpaired) electrons. The molecule has 0 spiro atoms. The minimum Gasteiger partial charge on any atom is -0.445 e. The summed E-state index contributed by atoms with van der Waals surface area (Å²) in [5.74, 6) is 0. The van der Waals surface area contributed by atoms with Crippen LogP contribution in [0.2, 0.25) is 0 Å². The van der Waals surface area contributed by atoms with Gasteiger partial charge in [0.25, 0.3) is 0 Å². The van der Waals surface area contributed by atoms with Gasteiger partial charge in [-0.1, -0.05) is 76.3 Å². The highest BCUT2D eigenvalue weighted by atomic mass is 16.5. The van der Waals surface area contributed by atoms with E-state index in [1.165, 1.54) is 19.3 Å². The molecule has 1 aromatic carbocycles. The number of ether oxygens (including phenoxy) is 1. The quantitative estimate of drug-likeness (QED) is 0.612. The summed E-state index contributed by atoms with van der Waals surface area (Å²) in [6.07, 6.45) is 7.71. The van der Waals surface area contributed by atoms with Crippen LogP contribution in [0.25, 0.3) is 0 Å². The Morgan fingerprint density at radius 1 is 1.05 bits per heavy atom. The van der Waals surface area contributed by atoms with E-state index in [0.29, 0.717) is 6.61 Å². The lowest BCUT2D eigenvalue weighted by molar-refractivity contribution is 0.134. The lowest BCUT2D eigenvalue weighted by Gasteiger charge is -2.18. The molecule has 3 heteroatoms. The van der Waals surface area contributed by atoms with Crippen LogP contribution in [0.15, 0.2) is 30.3 Å². The van der Waals surface area contributed by atoms with Crippen LogP contribution >= 0.6 is 0 Å². The number of hydrogen-bond donors (Lipinski definition) is 1. The molecule has 0 bridgehead atoms. The number of carbonyl (C=O) groups is 1. The first kappa shape index (κ1) is 17.5. The number of carbonyl (C=O) groups excluding carboxylic acids is 1. The molecule has 1 unspecified atom stereocenters. The molecular formula is C18H29NO2. The molecule has 0 heterocycles. The zero-order valence-electron chi connectivity index (χ0n) is 13.4. The second kappa shape index (κ2) is 11.2. The number of rotatable bonds is 10. The Morgan fingerprint density at radius 2 is 1.71 bits per heavy atom. The summed E-state index contributed by atoms with van der Waals surface area (Å²) < 4.78 is 5.29. The van der Waals surface area contributed by atoms with Crippen molar-refractivity contribution in [3.63, 3.8) is 0 Å². The highest BCUT2D eigenvalue weighted by Gasteiger charge is 2.12. The Morgan fingerprint density at radius 3 is 2.38 bits per heavy atom. The number of hydrogen-bond acceptors (Lipinski definition) is 2. The van der Waals surface area contributed by atoms with Gasteiger partial charge in [0.2, 0.25) is 0 Å². The van der Waals surface area contributed by atoms with Gasteiger partial charge in [0, 0.05) is 6.04 Å². The summed E-state index contributed by atoms with van der Waals surface area (Å²) in [5, 5.41) is 3.02. The van der Waals surface area contributed by atoms with Gasteiger partial charge in [0.1, 0.15) is 6.61 Å². The van der Waals surface area contributed by atoms with Crippen LogP contribution in [0.3, 0.4) is 0 Å². The third-order valence-corrected chi connectivity index (χ3v) is 3.60. The summed E-state index contributed by atoms with van der Waals surface area (Å²) in [6, 6.07) is 10.0. The number of alkyl carbamates (subject to hydrolysis) is 1. The van der Waals surface area contributed by atoms with E-state index in [1.807, 2.05) is 30.3 Å². The van der Waals surface area contributed by atoms with E-state index in [9.17, 15) is 4.79 Å². The van der Waals surface area contributed by atoms with Crippen molar-refractivity contribution >= 4 is 6.09 Å². The molecule has 21 heavy (non-hydrogen) atoms. The average Bonchev–Trinajstić information content (AvgIpc) is 2.51. The fraction of sp³-hybridized carbons (Fsp3) is 0.611. The van der Waals surface area contributed by atoms with Gasteiger partial charge < -0.3 is 10.1 Å². The number of amides is 1. The van der Waals surface area contributed by atoms with Crippen LogP contribution in [0.4, 0.5) is 4.79 Å². The second-order valence-corrected chi connectivity index (χ2v) is 5.54. The van der Waals surface area contributed by atoms with Crippen molar-refractivity contribution in [2.45, 2.75) is 71.4 Å². The van der Waals surface area contributed by atoms with Crippen molar-refractivity contribution in [3.05, 3.63) is 35.9 Å². The molecule has 0 fully saturated rings. The molecule has 1 N–H and O–H groups in total. The summed E-state index contributed by atoms with van der Waals surface area (Å²) >= 11 is 0. The first-order valence-corrected chi connectivity index (χ1v) is 8.23. The van der Waals surface area contributed by atoms with Gasteiger partial charge >= 0.3 is 6.09 Å². The summed E-state index contributed by atoms with van der Waals surface area (Å²) in [5.41, 5.74) is 1.02. The first-order valence-electron chi connectivity index (χ1n) is 8.23. The molecule has 0 aromatic heterocycles. The topological polar surface area (TPSA) is 38.3 Å². The van der Waals surface area contributed by atoms with E-state index in [0.717, 1.165) is 31.2 Å². The predicted molar refractivity (Wildman–Crippen MR) is 87.2 cm³/mol. The zero-order valence-corrected chi connectivity index (χ0v) is 13.4. The molecule has 0 aliphatic rings. The Kier molecular flexibility index (Phi) is 9.34. The Balaban J connectivity index is 2.32. The van der Waals surface area contributed by atoms with Crippen molar-refractivity contribution in [2.75, 3.05) is 0 Å². The van der Waals surface area contributed by atoms with Crippen LogP contribution in [0.1, 0.15) is 64.4 Å². The third kappa shape index (κ3) is 8.38. The Bertz CT molecular complexity index is 378. The van der Waals surface area contributed by atoms with Gasteiger partial charge in [-0.15, -0.1) is 0 Å². The number of unbranched alkanes of at least 4 members (excludes halogenated alkanes) is 3. The molecule has 118 valence electrons. The molecule has 1 rings (SSSR count). The van der Waals surface area contributed by atoms with Gasteiger partial charge in [-0.25, -0.2) is 4.79 Å². The summed E-state index contributed by atoms with van der Waals surface area (Å²) in [6.45, 7) is 4.71. The minimum absolute atomic E-state index is 0.250. The summed E-state index contributed by atoms with van der Waals surface area (Å²) in [4.78, 5) is 11.9. The highest BCUT2D eigenvalue weighted by molar-refractivity contribution is 5.67. The van der Waals surface area contributed by atoms with Crippen molar-refractivity contribution in [3.8, 4) is 0 Å². The zero-order chi connectivity index (χ0) is 15.3. The van der Waals surface area contributed by atoms with Gasteiger partial charge in [-0.3, -0.25) is 0 Å². The summed E-state index contributed by atoms with van der Waals surface area (Å²) in [7, 11) is 0. The maximum atomic E-state index is 11.9. The van der Waals surface area contributed by atoms with Gasteiger partial charge in [-0.2, -0.15) is 0 Å².